The van der Waals surface area contributed by atoms with Crippen LogP contribution in [0.4, 0.5) is 0 Å². The predicted octanol–water partition coefficient (Wildman–Crippen LogP) is 5.16. The van der Waals surface area contributed by atoms with Gasteiger partial charge < -0.3 is 19.7 Å². The second kappa shape index (κ2) is 13.0. The van der Waals surface area contributed by atoms with E-state index in [0.29, 0.717) is 40.1 Å². The number of hydrogen-bond acceptors (Lipinski definition) is 4. The van der Waals surface area contributed by atoms with E-state index in [-0.39, 0.29) is 25.0 Å². The average molecular weight is 515 g/mol. The minimum absolute atomic E-state index is 0.0429. The maximum absolute atomic E-state index is 13.6. The molecule has 0 saturated heterocycles. The lowest BCUT2D eigenvalue weighted by Gasteiger charge is -2.32. The van der Waals surface area contributed by atoms with Gasteiger partial charge in [0.05, 0.1) is 7.11 Å². The van der Waals surface area contributed by atoms with Crippen LogP contribution < -0.4 is 14.8 Å². The van der Waals surface area contributed by atoms with Gasteiger partial charge in [-0.1, -0.05) is 71.7 Å². The number of carbonyl (C=O) groups is 2. The van der Waals surface area contributed by atoms with Gasteiger partial charge in [-0.05, 0) is 36.8 Å². The van der Waals surface area contributed by atoms with Crippen molar-refractivity contribution in [2.24, 2.45) is 0 Å². The molecule has 0 fully saturated rings. The summed E-state index contributed by atoms with van der Waals surface area (Å²) in [5, 5.41) is 3.67. The Morgan fingerprint density at radius 3 is 2.17 bits per heavy atom. The van der Waals surface area contributed by atoms with E-state index in [1.165, 1.54) is 12.0 Å². The number of hydrogen-bond donors (Lipinski definition) is 1. The summed E-state index contributed by atoms with van der Waals surface area (Å²) in [4.78, 5) is 28.2. The Hall–Kier alpha value is -3.22. The van der Waals surface area contributed by atoms with E-state index >= 15 is 0 Å². The number of likely N-dealkylation sites (N-methyl/N-ethyl adjacent to an activating group) is 1. The topological polar surface area (TPSA) is 67.9 Å². The number of nitrogens with zero attached hydrogens (tertiary/aromatic N) is 1. The summed E-state index contributed by atoms with van der Waals surface area (Å²) in [6, 6.07) is 20.9. The molecule has 3 aromatic carbocycles. The van der Waals surface area contributed by atoms with Crippen LogP contribution in [0.1, 0.15) is 18.1 Å². The number of nitrogens with one attached hydrogen (secondary N) is 1. The number of ether oxygens (including phenoxy) is 2. The van der Waals surface area contributed by atoms with E-state index < -0.39 is 6.04 Å². The maximum atomic E-state index is 13.6. The fourth-order valence-corrected chi connectivity index (χ4v) is 4.18. The molecule has 0 bridgehead atoms. The van der Waals surface area contributed by atoms with Crippen molar-refractivity contribution < 1.29 is 19.1 Å². The number of carbonyl (C=O) groups excluding carboxylic acids is 2. The van der Waals surface area contributed by atoms with Gasteiger partial charge in [-0.15, -0.1) is 0 Å². The number of halogens is 2. The Balaban J connectivity index is 1.95. The molecule has 0 spiro atoms. The quantitative estimate of drug-likeness (QED) is 0.383. The van der Waals surface area contributed by atoms with E-state index in [0.717, 1.165) is 5.56 Å². The van der Waals surface area contributed by atoms with Crippen LogP contribution in [0.5, 0.6) is 11.5 Å². The zero-order valence-corrected chi connectivity index (χ0v) is 21.2. The molecule has 3 rings (SSSR count). The van der Waals surface area contributed by atoms with E-state index in [9.17, 15) is 9.59 Å². The molecule has 0 aromatic heterocycles. The first-order valence-corrected chi connectivity index (χ1v) is 12.0. The minimum atomic E-state index is -0.807. The molecule has 0 radical (unpaired) electrons. The summed E-state index contributed by atoms with van der Waals surface area (Å²) in [6.45, 7) is 2.00. The van der Waals surface area contributed by atoms with Gasteiger partial charge in [-0.25, -0.2) is 0 Å². The molecule has 1 N–H and O–H groups in total. The predicted molar refractivity (Wildman–Crippen MR) is 138 cm³/mol. The molecule has 0 aliphatic rings. The molecule has 184 valence electrons. The molecular formula is C27H28Cl2N2O4. The van der Waals surface area contributed by atoms with Crippen molar-refractivity contribution in [3.63, 3.8) is 0 Å². The van der Waals surface area contributed by atoms with Crippen LogP contribution in [0.3, 0.4) is 0 Å². The Bertz CT molecular complexity index is 1120. The first-order valence-electron chi connectivity index (χ1n) is 11.2. The third-order valence-electron chi connectivity index (χ3n) is 5.43. The maximum Gasteiger partial charge on any atom is 0.261 e. The summed E-state index contributed by atoms with van der Waals surface area (Å²) < 4.78 is 11.1. The highest BCUT2D eigenvalue weighted by molar-refractivity contribution is 6.36. The molecule has 0 saturated carbocycles. The molecule has 0 aliphatic carbocycles. The van der Waals surface area contributed by atoms with Gasteiger partial charge in [0.15, 0.2) is 18.1 Å². The van der Waals surface area contributed by atoms with E-state index in [1.807, 2.05) is 43.3 Å². The molecule has 8 heteroatoms. The molecule has 2 amide bonds. The third kappa shape index (κ3) is 7.13. The molecular weight excluding hydrogens is 487 g/mol. The fourth-order valence-electron chi connectivity index (χ4n) is 3.66. The second-order valence-electron chi connectivity index (χ2n) is 7.76. The SMILES string of the molecule is CCNC(=O)[C@@H](Cc1ccccc1)N(Cc1c(Cl)cccc1Cl)C(=O)COc1ccccc1OC. The molecule has 1 atom stereocenters. The van der Waals surface area contributed by atoms with Gasteiger partial charge in [-0.3, -0.25) is 9.59 Å². The summed E-state index contributed by atoms with van der Waals surface area (Å²) in [5.74, 6) is 0.270. The van der Waals surface area contributed by atoms with Crippen LogP contribution in [0.2, 0.25) is 10.0 Å². The van der Waals surface area contributed by atoms with Crippen molar-refractivity contribution in [2.75, 3.05) is 20.3 Å². The Kier molecular flexibility index (Phi) is 9.82. The monoisotopic (exact) mass is 514 g/mol. The zero-order chi connectivity index (χ0) is 25.2. The highest BCUT2D eigenvalue weighted by Crippen LogP contribution is 2.28. The minimum Gasteiger partial charge on any atom is -0.493 e. The number of para-hydroxylation sites is 2. The van der Waals surface area contributed by atoms with Crippen LogP contribution in [0.25, 0.3) is 0 Å². The second-order valence-corrected chi connectivity index (χ2v) is 8.58. The third-order valence-corrected chi connectivity index (χ3v) is 6.14. The zero-order valence-electron chi connectivity index (χ0n) is 19.7. The van der Waals surface area contributed by atoms with Crippen molar-refractivity contribution in [1.29, 1.82) is 0 Å². The highest BCUT2D eigenvalue weighted by Gasteiger charge is 2.31. The number of benzene rings is 3. The molecule has 0 aliphatic heterocycles. The van der Waals surface area contributed by atoms with Crippen LogP contribution in [0, 0.1) is 0 Å². The van der Waals surface area contributed by atoms with Crippen molar-refractivity contribution in [3.05, 3.63) is 94.0 Å². The average Bonchev–Trinajstić information content (AvgIpc) is 2.87. The lowest BCUT2D eigenvalue weighted by atomic mass is 10.0. The van der Waals surface area contributed by atoms with Crippen LogP contribution in [-0.2, 0) is 22.6 Å². The summed E-state index contributed by atoms with van der Waals surface area (Å²) in [6.07, 6.45) is 0.315. The summed E-state index contributed by atoms with van der Waals surface area (Å²) in [5.41, 5.74) is 1.47. The van der Waals surface area contributed by atoms with E-state index in [1.54, 1.807) is 36.4 Å². The number of methoxy groups -OCH3 is 1. The van der Waals surface area contributed by atoms with Crippen molar-refractivity contribution >= 4 is 35.0 Å². The van der Waals surface area contributed by atoms with Crippen molar-refractivity contribution in [1.82, 2.24) is 10.2 Å². The van der Waals surface area contributed by atoms with Crippen LogP contribution >= 0.6 is 23.2 Å². The van der Waals surface area contributed by atoms with Gasteiger partial charge in [0.1, 0.15) is 6.04 Å². The van der Waals surface area contributed by atoms with Gasteiger partial charge in [0.2, 0.25) is 5.91 Å². The van der Waals surface area contributed by atoms with Crippen molar-refractivity contribution in [2.45, 2.75) is 25.9 Å². The van der Waals surface area contributed by atoms with Crippen molar-refractivity contribution in [3.8, 4) is 11.5 Å². The smallest absolute Gasteiger partial charge is 0.261 e. The standard InChI is InChI=1S/C27H28Cl2N2O4/c1-3-30-27(33)23(16-19-10-5-4-6-11-19)31(17-20-21(28)12-9-13-22(20)29)26(32)18-35-25-15-8-7-14-24(25)34-2/h4-15,23H,3,16-18H2,1-2H3,(H,30,33)/t23-/m1/s1. The first-order chi connectivity index (χ1) is 16.9. The Labute approximate surface area is 215 Å². The Morgan fingerprint density at radius 2 is 1.54 bits per heavy atom. The number of rotatable bonds is 11. The van der Waals surface area contributed by atoms with Crippen LogP contribution in [0.15, 0.2) is 72.8 Å². The van der Waals surface area contributed by atoms with Gasteiger partial charge >= 0.3 is 0 Å². The van der Waals surface area contributed by atoms with Gasteiger partial charge in [0.25, 0.3) is 5.91 Å². The summed E-state index contributed by atoms with van der Waals surface area (Å²) >= 11 is 12.9. The Morgan fingerprint density at radius 1 is 0.914 bits per heavy atom. The van der Waals surface area contributed by atoms with Gasteiger partial charge in [-0.2, -0.15) is 0 Å². The molecule has 0 heterocycles. The van der Waals surface area contributed by atoms with E-state index in [4.69, 9.17) is 32.7 Å². The van der Waals surface area contributed by atoms with Gasteiger partial charge in [0, 0.05) is 35.1 Å². The fraction of sp³-hybridized carbons (Fsp3) is 0.259. The molecule has 3 aromatic rings. The lowest BCUT2D eigenvalue weighted by Crippen LogP contribution is -2.51. The molecule has 0 unspecified atom stereocenters. The molecule has 6 nitrogen and oxygen atoms in total. The van der Waals surface area contributed by atoms with E-state index in [2.05, 4.69) is 5.32 Å². The molecule has 35 heavy (non-hydrogen) atoms. The van der Waals surface area contributed by atoms with Crippen LogP contribution in [-0.4, -0.2) is 43.0 Å². The largest absolute Gasteiger partial charge is 0.493 e. The normalized spacial score (nSPS) is 11.4. The highest BCUT2D eigenvalue weighted by atomic mass is 35.5. The summed E-state index contributed by atoms with van der Waals surface area (Å²) in [7, 11) is 1.53. The number of amides is 2. The lowest BCUT2D eigenvalue weighted by molar-refractivity contribution is -0.142. The first kappa shape index (κ1) is 26.4.